The minimum absolute atomic E-state index is 0.00820. The Morgan fingerprint density at radius 2 is 1.96 bits per heavy atom. The van der Waals surface area contributed by atoms with Crippen molar-refractivity contribution in [3.8, 4) is 11.5 Å². The fourth-order valence-electron chi connectivity index (χ4n) is 2.73. The van der Waals surface area contributed by atoms with Crippen molar-refractivity contribution in [1.82, 2.24) is 15.1 Å². The molecule has 2 aromatic rings. The van der Waals surface area contributed by atoms with Crippen LogP contribution in [0.2, 0.25) is 0 Å². The molecule has 1 amide bonds. The number of aliphatic carboxylic acids is 1. The first-order valence-corrected chi connectivity index (χ1v) is 8.08. The van der Waals surface area contributed by atoms with Gasteiger partial charge in [0.2, 0.25) is 5.91 Å². The van der Waals surface area contributed by atoms with Crippen molar-refractivity contribution >= 4 is 11.9 Å². The minimum atomic E-state index is -1.03. The fourth-order valence-corrected chi connectivity index (χ4v) is 2.73. The first-order chi connectivity index (χ1) is 12.3. The molecule has 2 rings (SSSR count). The van der Waals surface area contributed by atoms with Crippen LogP contribution >= 0.6 is 0 Å². The standard InChI is InChI=1S/C18H23N3O5/c1-11-7-12(2)21(20-11)10-17(22)19-15(9-18(23)24)14-6-5-13(25-3)8-16(14)26-4/h5-8,15H,9-10H2,1-4H3,(H,19,22)(H,23,24). The van der Waals surface area contributed by atoms with E-state index in [1.54, 1.807) is 22.9 Å². The molecular formula is C18H23N3O5. The fraction of sp³-hybridized carbons (Fsp3) is 0.389. The predicted octanol–water partition coefficient (Wildman–Crippen LogP) is 1.85. The number of amides is 1. The lowest BCUT2D eigenvalue weighted by Crippen LogP contribution is -2.33. The van der Waals surface area contributed by atoms with E-state index < -0.39 is 12.0 Å². The molecule has 0 aliphatic carbocycles. The Balaban J connectivity index is 2.23. The average Bonchev–Trinajstić information content (AvgIpc) is 2.90. The van der Waals surface area contributed by atoms with Crippen molar-refractivity contribution in [3.05, 3.63) is 41.2 Å². The van der Waals surface area contributed by atoms with Crippen molar-refractivity contribution in [1.29, 1.82) is 0 Å². The van der Waals surface area contributed by atoms with Crippen LogP contribution in [0.15, 0.2) is 24.3 Å². The van der Waals surface area contributed by atoms with Crippen LogP contribution < -0.4 is 14.8 Å². The lowest BCUT2D eigenvalue weighted by molar-refractivity contribution is -0.137. The summed E-state index contributed by atoms with van der Waals surface area (Å²) in [5.41, 5.74) is 2.24. The highest BCUT2D eigenvalue weighted by Gasteiger charge is 2.22. The highest BCUT2D eigenvalue weighted by Crippen LogP contribution is 2.31. The Labute approximate surface area is 151 Å². The number of carboxylic acids is 1. The Morgan fingerprint density at radius 1 is 1.23 bits per heavy atom. The zero-order valence-electron chi connectivity index (χ0n) is 15.3. The summed E-state index contributed by atoms with van der Waals surface area (Å²) < 4.78 is 12.1. The van der Waals surface area contributed by atoms with Gasteiger partial charge in [0, 0.05) is 17.3 Å². The third kappa shape index (κ3) is 4.75. The largest absolute Gasteiger partial charge is 0.497 e. The summed E-state index contributed by atoms with van der Waals surface area (Å²) in [5, 5.41) is 16.2. The van der Waals surface area contributed by atoms with E-state index in [4.69, 9.17) is 9.47 Å². The van der Waals surface area contributed by atoms with Crippen molar-refractivity contribution < 1.29 is 24.2 Å². The molecule has 26 heavy (non-hydrogen) atoms. The maximum absolute atomic E-state index is 12.4. The monoisotopic (exact) mass is 361 g/mol. The van der Waals surface area contributed by atoms with Crippen LogP contribution in [0, 0.1) is 13.8 Å². The van der Waals surface area contributed by atoms with Crippen LogP contribution in [-0.4, -0.2) is 41.0 Å². The van der Waals surface area contributed by atoms with Crippen LogP contribution in [0.25, 0.3) is 0 Å². The highest BCUT2D eigenvalue weighted by molar-refractivity contribution is 5.78. The molecule has 8 heteroatoms. The lowest BCUT2D eigenvalue weighted by atomic mass is 10.0. The van der Waals surface area contributed by atoms with Crippen molar-refractivity contribution in [2.24, 2.45) is 0 Å². The SMILES string of the molecule is COc1ccc(C(CC(=O)O)NC(=O)Cn2nc(C)cc2C)c(OC)c1. The number of carbonyl (C=O) groups is 2. The molecule has 8 nitrogen and oxygen atoms in total. The normalized spacial score (nSPS) is 11.7. The molecule has 140 valence electrons. The van der Waals surface area contributed by atoms with Gasteiger partial charge in [-0.05, 0) is 32.0 Å². The summed E-state index contributed by atoms with van der Waals surface area (Å²) in [6.45, 7) is 3.71. The number of hydrogen-bond donors (Lipinski definition) is 2. The molecule has 0 spiro atoms. The smallest absolute Gasteiger partial charge is 0.305 e. The van der Waals surface area contributed by atoms with Gasteiger partial charge < -0.3 is 19.9 Å². The highest BCUT2D eigenvalue weighted by atomic mass is 16.5. The molecule has 0 bridgehead atoms. The zero-order chi connectivity index (χ0) is 19.3. The number of carbonyl (C=O) groups excluding carboxylic acids is 1. The molecule has 0 radical (unpaired) electrons. The topological polar surface area (TPSA) is 103 Å². The number of nitrogens with zero attached hydrogens (tertiary/aromatic N) is 2. The molecule has 1 atom stereocenters. The second-order valence-corrected chi connectivity index (χ2v) is 5.91. The molecule has 0 saturated carbocycles. The second kappa shape index (κ2) is 8.37. The summed E-state index contributed by atoms with van der Waals surface area (Å²) in [6, 6.07) is 6.17. The molecule has 2 N–H and O–H groups in total. The Morgan fingerprint density at radius 3 is 2.50 bits per heavy atom. The van der Waals surface area contributed by atoms with E-state index in [2.05, 4.69) is 10.4 Å². The molecule has 0 saturated heterocycles. The lowest BCUT2D eigenvalue weighted by Gasteiger charge is -2.20. The number of rotatable bonds is 8. The van der Waals surface area contributed by atoms with Gasteiger partial charge in [0.15, 0.2) is 0 Å². The minimum Gasteiger partial charge on any atom is -0.497 e. The van der Waals surface area contributed by atoms with Crippen LogP contribution in [0.1, 0.15) is 29.4 Å². The summed E-state index contributed by atoms with van der Waals surface area (Å²) in [4.78, 5) is 23.7. The van der Waals surface area contributed by atoms with E-state index in [1.807, 2.05) is 19.9 Å². The number of aromatic nitrogens is 2. The molecule has 1 aromatic carbocycles. The van der Waals surface area contributed by atoms with Crippen LogP contribution in [-0.2, 0) is 16.1 Å². The molecule has 1 aromatic heterocycles. The van der Waals surface area contributed by atoms with Gasteiger partial charge in [0.05, 0.1) is 32.4 Å². The van der Waals surface area contributed by atoms with Crippen molar-refractivity contribution in [3.63, 3.8) is 0 Å². The quantitative estimate of drug-likeness (QED) is 0.744. The van der Waals surface area contributed by atoms with Gasteiger partial charge >= 0.3 is 5.97 Å². The van der Waals surface area contributed by atoms with Crippen LogP contribution in [0.3, 0.4) is 0 Å². The molecule has 1 unspecified atom stereocenters. The van der Waals surface area contributed by atoms with Gasteiger partial charge in [-0.15, -0.1) is 0 Å². The molecule has 1 heterocycles. The number of methoxy groups -OCH3 is 2. The summed E-state index contributed by atoms with van der Waals surface area (Å²) in [7, 11) is 3.01. The van der Waals surface area contributed by atoms with Gasteiger partial charge in [0.25, 0.3) is 0 Å². The molecular weight excluding hydrogens is 338 g/mol. The number of ether oxygens (including phenoxy) is 2. The zero-order valence-corrected chi connectivity index (χ0v) is 15.3. The maximum Gasteiger partial charge on any atom is 0.305 e. The van der Waals surface area contributed by atoms with Crippen LogP contribution in [0.5, 0.6) is 11.5 Å². The van der Waals surface area contributed by atoms with E-state index >= 15 is 0 Å². The van der Waals surface area contributed by atoms with E-state index in [-0.39, 0.29) is 18.9 Å². The first kappa shape index (κ1) is 19.3. The third-order valence-electron chi connectivity index (χ3n) is 3.93. The van der Waals surface area contributed by atoms with Gasteiger partial charge in [-0.2, -0.15) is 5.10 Å². The van der Waals surface area contributed by atoms with Crippen molar-refractivity contribution in [2.75, 3.05) is 14.2 Å². The average molecular weight is 361 g/mol. The van der Waals surface area contributed by atoms with Gasteiger partial charge in [0.1, 0.15) is 18.0 Å². The molecule has 0 aliphatic rings. The number of benzene rings is 1. The van der Waals surface area contributed by atoms with E-state index in [0.29, 0.717) is 17.1 Å². The number of aryl methyl sites for hydroxylation is 2. The van der Waals surface area contributed by atoms with Gasteiger partial charge in [-0.25, -0.2) is 0 Å². The number of hydrogen-bond acceptors (Lipinski definition) is 5. The van der Waals surface area contributed by atoms with E-state index in [9.17, 15) is 14.7 Å². The van der Waals surface area contributed by atoms with Gasteiger partial charge in [-0.3, -0.25) is 14.3 Å². The summed E-state index contributed by atoms with van der Waals surface area (Å²) in [6.07, 6.45) is -0.272. The first-order valence-electron chi connectivity index (χ1n) is 8.08. The van der Waals surface area contributed by atoms with Crippen LogP contribution in [0.4, 0.5) is 0 Å². The van der Waals surface area contributed by atoms with Crippen molar-refractivity contribution in [2.45, 2.75) is 32.9 Å². The van der Waals surface area contributed by atoms with E-state index in [1.165, 1.54) is 14.2 Å². The molecule has 0 fully saturated rings. The number of carboxylic acid groups (broad SMARTS) is 1. The maximum atomic E-state index is 12.4. The summed E-state index contributed by atoms with van der Waals surface area (Å²) in [5.74, 6) is -0.338. The number of nitrogens with one attached hydrogen (secondary N) is 1. The Bertz CT molecular complexity index is 800. The van der Waals surface area contributed by atoms with E-state index in [0.717, 1.165) is 11.4 Å². The predicted molar refractivity (Wildman–Crippen MR) is 94.4 cm³/mol. The summed E-state index contributed by atoms with van der Waals surface area (Å²) >= 11 is 0. The Hall–Kier alpha value is -3.03. The molecule has 0 aliphatic heterocycles. The van der Waals surface area contributed by atoms with Gasteiger partial charge in [-0.1, -0.05) is 0 Å². The second-order valence-electron chi connectivity index (χ2n) is 5.91. The third-order valence-corrected chi connectivity index (χ3v) is 3.93. The Kier molecular flexibility index (Phi) is 6.21.